The predicted molar refractivity (Wildman–Crippen MR) is 88.2 cm³/mol. The molecule has 0 aliphatic heterocycles. The second kappa shape index (κ2) is 7.19. The van der Waals surface area contributed by atoms with E-state index in [0.29, 0.717) is 13.0 Å². The summed E-state index contributed by atoms with van der Waals surface area (Å²) in [5.74, 6) is 0. The van der Waals surface area contributed by atoms with Crippen LogP contribution in [0.25, 0.3) is 0 Å². The van der Waals surface area contributed by atoms with Crippen molar-refractivity contribution in [3.8, 4) is 0 Å². The fourth-order valence-corrected chi connectivity index (χ4v) is 3.93. The maximum absolute atomic E-state index is 12.2. The molecule has 2 aromatic rings. The van der Waals surface area contributed by atoms with Gasteiger partial charge in [-0.05, 0) is 31.5 Å². The van der Waals surface area contributed by atoms with Crippen LogP contribution in [0, 0.1) is 6.92 Å². The molecule has 0 unspecified atom stereocenters. The molecule has 1 heterocycles. The summed E-state index contributed by atoms with van der Waals surface area (Å²) in [4.78, 5) is -0.0844. The average Bonchev–Trinajstić information content (AvgIpc) is 2.84. The Labute approximate surface area is 144 Å². The molecule has 0 fully saturated rings. The SMILES string of the molecule is Cc1ccnn1CCCNS(=O)(=O)c1cc(Cl)c(Cl)cc1Cl. The van der Waals surface area contributed by atoms with Gasteiger partial charge in [-0.15, -0.1) is 0 Å². The highest BCUT2D eigenvalue weighted by Gasteiger charge is 2.19. The van der Waals surface area contributed by atoms with Crippen molar-refractivity contribution >= 4 is 44.8 Å². The number of nitrogens with zero attached hydrogens (tertiary/aromatic N) is 2. The Balaban J connectivity index is 2.00. The van der Waals surface area contributed by atoms with E-state index in [1.807, 2.05) is 13.0 Å². The van der Waals surface area contributed by atoms with E-state index in [1.54, 1.807) is 10.9 Å². The van der Waals surface area contributed by atoms with Crippen LogP contribution in [0.2, 0.25) is 15.1 Å². The third-order valence-electron chi connectivity index (χ3n) is 3.03. The van der Waals surface area contributed by atoms with E-state index in [0.717, 1.165) is 5.69 Å². The summed E-state index contributed by atoms with van der Waals surface area (Å²) < 4.78 is 28.7. The van der Waals surface area contributed by atoms with Crippen molar-refractivity contribution in [3.05, 3.63) is 45.2 Å². The molecule has 0 amide bonds. The maximum Gasteiger partial charge on any atom is 0.242 e. The molecule has 0 aliphatic rings. The molecule has 0 saturated heterocycles. The predicted octanol–water partition coefficient (Wildman–Crippen LogP) is 3.52. The van der Waals surface area contributed by atoms with Gasteiger partial charge >= 0.3 is 0 Å². The topological polar surface area (TPSA) is 64.0 Å². The van der Waals surface area contributed by atoms with Gasteiger partial charge in [0.15, 0.2) is 0 Å². The Bertz CT molecular complexity index is 775. The average molecular weight is 383 g/mol. The fourth-order valence-electron chi connectivity index (χ4n) is 1.86. The molecule has 1 aromatic heterocycles. The summed E-state index contributed by atoms with van der Waals surface area (Å²) in [5, 5.41) is 4.51. The van der Waals surface area contributed by atoms with Gasteiger partial charge in [0.2, 0.25) is 10.0 Å². The smallest absolute Gasteiger partial charge is 0.242 e. The van der Waals surface area contributed by atoms with Crippen molar-refractivity contribution in [2.75, 3.05) is 6.54 Å². The van der Waals surface area contributed by atoms with Crippen LogP contribution in [0.5, 0.6) is 0 Å². The summed E-state index contributed by atoms with van der Waals surface area (Å²) in [6.07, 6.45) is 2.30. The van der Waals surface area contributed by atoms with E-state index >= 15 is 0 Å². The molecule has 120 valence electrons. The molecule has 0 bridgehead atoms. The molecule has 9 heteroatoms. The van der Waals surface area contributed by atoms with Gasteiger partial charge < -0.3 is 0 Å². The minimum absolute atomic E-state index is 0.0322. The van der Waals surface area contributed by atoms with Crippen molar-refractivity contribution in [2.24, 2.45) is 0 Å². The number of halogens is 3. The highest BCUT2D eigenvalue weighted by molar-refractivity contribution is 7.89. The van der Waals surface area contributed by atoms with Gasteiger partial charge in [-0.3, -0.25) is 4.68 Å². The standard InChI is InChI=1S/C13H14Cl3N3O2S/c1-9-3-5-17-19(9)6-2-4-18-22(20,21)13-8-11(15)10(14)7-12(13)16/h3,5,7-8,18H,2,4,6H2,1H3. The molecule has 1 N–H and O–H groups in total. The minimum Gasteiger partial charge on any atom is -0.270 e. The van der Waals surface area contributed by atoms with Crippen LogP contribution in [-0.2, 0) is 16.6 Å². The van der Waals surface area contributed by atoms with E-state index in [1.165, 1.54) is 12.1 Å². The summed E-state index contributed by atoms with van der Waals surface area (Å²) in [5.41, 5.74) is 1.02. The zero-order chi connectivity index (χ0) is 16.3. The maximum atomic E-state index is 12.2. The highest BCUT2D eigenvalue weighted by Crippen LogP contribution is 2.31. The van der Waals surface area contributed by atoms with E-state index in [9.17, 15) is 8.42 Å². The lowest BCUT2D eigenvalue weighted by Gasteiger charge is -2.10. The third kappa shape index (κ3) is 4.14. The first kappa shape index (κ1) is 17.6. The molecule has 0 aliphatic carbocycles. The van der Waals surface area contributed by atoms with Gasteiger partial charge in [0, 0.05) is 25.0 Å². The second-order valence-electron chi connectivity index (χ2n) is 4.64. The lowest BCUT2D eigenvalue weighted by molar-refractivity contribution is 0.546. The van der Waals surface area contributed by atoms with E-state index in [-0.39, 0.29) is 26.5 Å². The van der Waals surface area contributed by atoms with Crippen LogP contribution in [0.1, 0.15) is 12.1 Å². The quantitative estimate of drug-likeness (QED) is 0.614. The molecule has 2 rings (SSSR count). The number of benzene rings is 1. The van der Waals surface area contributed by atoms with Crippen molar-refractivity contribution in [3.63, 3.8) is 0 Å². The first-order chi connectivity index (χ1) is 10.3. The first-order valence-electron chi connectivity index (χ1n) is 6.44. The van der Waals surface area contributed by atoms with E-state index in [4.69, 9.17) is 34.8 Å². The van der Waals surface area contributed by atoms with Crippen LogP contribution in [-0.4, -0.2) is 24.7 Å². The molecule has 22 heavy (non-hydrogen) atoms. The number of hydrogen-bond acceptors (Lipinski definition) is 3. The van der Waals surface area contributed by atoms with E-state index < -0.39 is 10.0 Å². The Hall–Kier alpha value is -0.790. The van der Waals surface area contributed by atoms with Crippen LogP contribution in [0.3, 0.4) is 0 Å². The third-order valence-corrected chi connectivity index (χ3v) is 5.68. The summed E-state index contributed by atoms with van der Waals surface area (Å²) in [6.45, 7) is 2.82. The van der Waals surface area contributed by atoms with Gasteiger partial charge in [-0.25, -0.2) is 13.1 Å². The normalized spacial score (nSPS) is 11.8. The molecule has 5 nitrogen and oxygen atoms in total. The molecular formula is C13H14Cl3N3O2S. The largest absolute Gasteiger partial charge is 0.270 e. The summed E-state index contributed by atoms with van der Waals surface area (Å²) >= 11 is 17.6. The van der Waals surface area contributed by atoms with E-state index in [2.05, 4.69) is 9.82 Å². The molecule has 0 saturated carbocycles. The molecular weight excluding hydrogens is 369 g/mol. The molecule has 0 atom stereocenters. The Morgan fingerprint density at radius 1 is 1.18 bits per heavy atom. The number of hydrogen-bond donors (Lipinski definition) is 1. The van der Waals surface area contributed by atoms with Crippen LogP contribution < -0.4 is 4.72 Å². The Kier molecular flexibility index (Phi) is 5.74. The Morgan fingerprint density at radius 3 is 2.50 bits per heavy atom. The van der Waals surface area contributed by atoms with Crippen molar-refractivity contribution in [1.29, 1.82) is 0 Å². The number of nitrogens with one attached hydrogen (secondary N) is 1. The molecule has 0 radical (unpaired) electrons. The summed E-state index contributed by atoms with van der Waals surface area (Å²) in [6, 6.07) is 4.44. The zero-order valence-corrected chi connectivity index (χ0v) is 14.8. The van der Waals surface area contributed by atoms with Gasteiger partial charge in [0.25, 0.3) is 0 Å². The summed E-state index contributed by atoms with van der Waals surface area (Å²) in [7, 11) is -3.74. The van der Waals surface area contributed by atoms with Gasteiger partial charge in [-0.2, -0.15) is 5.10 Å². The van der Waals surface area contributed by atoms with Crippen LogP contribution in [0.4, 0.5) is 0 Å². The zero-order valence-electron chi connectivity index (χ0n) is 11.7. The second-order valence-corrected chi connectivity index (χ2v) is 7.60. The number of aromatic nitrogens is 2. The number of aryl methyl sites for hydroxylation is 2. The number of rotatable bonds is 6. The molecule has 0 spiro atoms. The first-order valence-corrected chi connectivity index (χ1v) is 9.05. The highest BCUT2D eigenvalue weighted by atomic mass is 35.5. The monoisotopic (exact) mass is 381 g/mol. The van der Waals surface area contributed by atoms with Crippen molar-refractivity contribution in [2.45, 2.75) is 24.8 Å². The van der Waals surface area contributed by atoms with Gasteiger partial charge in [-0.1, -0.05) is 34.8 Å². The molecule has 1 aromatic carbocycles. The van der Waals surface area contributed by atoms with Gasteiger partial charge in [0.1, 0.15) is 4.90 Å². The Morgan fingerprint density at radius 2 is 1.86 bits per heavy atom. The van der Waals surface area contributed by atoms with Crippen LogP contribution in [0.15, 0.2) is 29.3 Å². The van der Waals surface area contributed by atoms with Crippen LogP contribution >= 0.6 is 34.8 Å². The van der Waals surface area contributed by atoms with Crippen molar-refractivity contribution < 1.29 is 8.42 Å². The van der Waals surface area contributed by atoms with Crippen molar-refractivity contribution in [1.82, 2.24) is 14.5 Å². The fraction of sp³-hybridized carbons (Fsp3) is 0.308. The minimum atomic E-state index is -3.74. The van der Waals surface area contributed by atoms with Gasteiger partial charge in [0.05, 0.1) is 15.1 Å². The lowest BCUT2D eigenvalue weighted by atomic mass is 10.4. The number of sulfonamides is 1. The lowest BCUT2D eigenvalue weighted by Crippen LogP contribution is -2.26.